The van der Waals surface area contributed by atoms with E-state index in [1.54, 1.807) is 11.3 Å². The van der Waals surface area contributed by atoms with Gasteiger partial charge in [0.2, 0.25) is 5.91 Å². The van der Waals surface area contributed by atoms with Crippen LogP contribution >= 0.6 is 23.1 Å². The van der Waals surface area contributed by atoms with Gasteiger partial charge in [-0.15, -0.1) is 11.3 Å². The second-order valence-electron chi connectivity index (χ2n) is 5.78. The first-order chi connectivity index (χ1) is 10.6. The van der Waals surface area contributed by atoms with Gasteiger partial charge >= 0.3 is 0 Å². The van der Waals surface area contributed by atoms with Crippen molar-refractivity contribution < 1.29 is 4.79 Å². The van der Waals surface area contributed by atoms with Crippen LogP contribution in [0.2, 0.25) is 0 Å². The minimum Gasteiger partial charge on any atom is -0.353 e. The van der Waals surface area contributed by atoms with Gasteiger partial charge in [0.15, 0.2) is 0 Å². The molecule has 4 nitrogen and oxygen atoms in total. The molecule has 6 heteroatoms. The highest BCUT2D eigenvalue weighted by Crippen LogP contribution is 2.40. The zero-order valence-electron chi connectivity index (χ0n) is 13.2. The summed E-state index contributed by atoms with van der Waals surface area (Å²) < 4.78 is 0. The molecule has 0 bridgehead atoms. The van der Waals surface area contributed by atoms with Crippen LogP contribution in [0.5, 0.6) is 0 Å². The Morgan fingerprint density at radius 3 is 3.00 bits per heavy atom. The van der Waals surface area contributed by atoms with Gasteiger partial charge in [-0.05, 0) is 45.1 Å². The number of carbonyl (C=O) groups is 1. The molecule has 1 aliphatic rings. The number of nitrogens with one attached hydrogen (secondary N) is 1. The maximum Gasteiger partial charge on any atom is 0.230 e. The van der Waals surface area contributed by atoms with Gasteiger partial charge in [-0.3, -0.25) is 4.79 Å². The monoisotopic (exact) mass is 335 g/mol. The summed E-state index contributed by atoms with van der Waals surface area (Å²) in [6, 6.07) is 0.227. The summed E-state index contributed by atoms with van der Waals surface area (Å²) in [7, 11) is 0. The maximum atomic E-state index is 12.0. The molecular weight excluding hydrogens is 314 g/mol. The van der Waals surface area contributed by atoms with Crippen LogP contribution in [0.3, 0.4) is 0 Å². The van der Waals surface area contributed by atoms with Crippen molar-refractivity contribution in [3.05, 3.63) is 16.3 Å². The van der Waals surface area contributed by atoms with Crippen molar-refractivity contribution in [3.63, 3.8) is 0 Å². The maximum absolute atomic E-state index is 12.0. The standard InChI is InChI=1S/C16H21N3OS2/c1-4-9(2)17-13(20)8-21-15-14-11-6-5-7-12(11)22-16(14)19-10(3)18-15/h9H,4-8H2,1-3H3,(H,17,20)/t9-/m1/s1. The van der Waals surface area contributed by atoms with E-state index in [9.17, 15) is 4.79 Å². The Bertz CT molecular complexity index is 711. The Hall–Kier alpha value is -1.14. The first kappa shape index (κ1) is 15.7. The van der Waals surface area contributed by atoms with Crippen LogP contribution in [0.4, 0.5) is 0 Å². The van der Waals surface area contributed by atoms with E-state index in [0.717, 1.165) is 34.9 Å². The number of nitrogens with zero attached hydrogens (tertiary/aromatic N) is 2. The molecule has 0 spiro atoms. The van der Waals surface area contributed by atoms with Crippen LogP contribution in [0.15, 0.2) is 5.03 Å². The van der Waals surface area contributed by atoms with Crippen molar-refractivity contribution >= 4 is 39.2 Å². The Kier molecular flexibility index (Phi) is 4.68. The fourth-order valence-corrected chi connectivity index (χ4v) is 5.00. The van der Waals surface area contributed by atoms with E-state index in [4.69, 9.17) is 0 Å². The largest absolute Gasteiger partial charge is 0.353 e. The molecule has 1 aliphatic carbocycles. The number of aryl methyl sites for hydroxylation is 3. The van der Waals surface area contributed by atoms with Crippen LogP contribution in [0.25, 0.3) is 10.2 Å². The molecule has 3 rings (SSSR count). The SMILES string of the molecule is CC[C@@H](C)NC(=O)CSc1nc(C)nc2sc3c(c12)CCC3. The molecule has 0 aliphatic heterocycles. The highest BCUT2D eigenvalue weighted by molar-refractivity contribution is 8.00. The number of carbonyl (C=O) groups excluding carboxylic acids is 1. The minimum atomic E-state index is 0.0793. The molecule has 2 aromatic rings. The summed E-state index contributed by atoms with van der Waals surface area (Å²) in [6.45, 7) is 6.03. The highest BCUT2D eigenvalue weighted by atomic mass is 32.2. The van der Waals surface area contributed by atoms with E-state index in [2.05, 4.69) is 22.2 Å². The predicted octanol–water partition coefficient (Wildman–Crippen LogP) is 3.50. The smallest absolute Gasteiger partial charge is 0.230 e. The quantitative estimate of drug-likeness (QED) is 0.671. The fourth-order valence-electron chi connectivity index (χ4n) is 2.72. The third-order valence-electron chi connectivity index (χ3n) is 4.00. The predicted molar refractivity (Wildman–Crippen MR) is 92.8 cm³/mol. The van der Waals surface area contributed by atoms with Crippen LogP contribution in [-0.4, -0.2) is 27.7 Å². The summed E-state index contributed by atoms with van der Waals surface area (Å²) in [6.07, 6.45) is 4.46. The Balaban J connectivity index is 1.82. The lowest BCUT2D eigenvalue weighted by Crippen LogP contribution is -2.33. The normalized spacial score (nSPS) is 15.0. The number of thiophene rings is 1. The molecule has 0 fully saturated rings. The van der Waals surface area contributed by atoms with Crippen molar-refractivity contribution in [2.24, 2.45) is 0 Å². The lowest BCUT2D eigenvalue weighted by molar-refractivity contribution is -0.119. The summed E-state index contributed by atoms with van der Waals surface area (Å²) in [5.74, 6) is 1.29. The summed E-state index contributed by atoms with van der Waals surface area (Å²) >= 11 is 3.34. The molecule has 1 atom stereocenters. The molecule has 2 aromatic heterocycles. The van der Waals surface area contributed by atoms with Crippen molar-refractivity contribution in [2.45, 2.75) is 57.5 Å². The summed E-state index contributed by atoms with van der Waals surface area (Å²) in [4.78, 5) is 23.7. The van der Waals surface area contributed by atoms with Crippen molar-refractivity contribution in [1.82, 2.24) is 15.3 Å². The second kappa shape index (κ2) is 6.54. The van der Waals surface area contributed by atoms with Gasteiger partial charge in [0.1, 0.15) is 15.7 Å². The number of aromatic nitrogens is 2. The first-order valence-electron chi connectivity index (χ1n) is 7.79. The van der Waals surface area contributed by atoms with Crippen molar-refractivity contribution in [1.29, 1.82) is 0 Å². The van der Waals surface area contributed by atoms with Gasteiger partial charge in [-0.1, -0.05) is 18.7 Å². The lowest BCUT2D eigenvalue weighted by atomic mass is 10.2. The van der Waals surface area contributed by atoms with E-state index in [1.165, 1.54) is 34.0 Å². The average Bonchev–Trinajstić information content (AvgIpc) is 3.04. The van der Waals surface area contributed by atoms with Gasteiger partial charge in [-0.25, -0.2) is 9.97 Å². The molecule has 0 aromatic carbocycles. The number of thioether (sulfide) groups is 1. The van der Waals surface area contributed by atoms with Crippen LogP contribution in [0.1, 0.15) is 43.0 Å². The van der Waals surface area contributed by atoms with Crippen LogP contribution in [-0.2, 0) is 17.6 Å². The number of fused-ring (bicyclic) bond motifs is 3. The molecule has 0 unspecified atom stereocenters. The molecule has 118 valence electrons. The van der Waals surface area contributed by atoms with E-state index in [1.807, 2.05) is 13.8 Å². The van der Waals surface area contributed by atoms with Crippen molar-refractivity contribution in [2.75, 3.05) is 5.75 Å². The fraction of sp³-hybridized carbons (Fsp3) is 0.562. The molecular formula is C16H21N3OS2. The topological polar surface area (TPSA) is 54.9 Å². The van der Waals surface area contributed by atoms with E-state index in [0.29, 0.717) is 5.75 Å². The van der Waals surface area contributed by atoms with Crippen molar-refractivity contribution in [3.8, 4) is 0 Å². The first-order valence-corrected chi connectivity index (χ1v) is 9.59. The lowest BCUT2D eigenvalue weighted by Gasteiger charge is -2.11. The van der Waals surface area contributed by atoms with E-state index >= 15 is 0 Å². The Labute approximate surface area is 139 Å². The zero-order chi connectivity index (χ0) is 15.7. The molecule has 1 N–H and O–H groups in total. The molecule has 0 saturated carbocycles. The molecule has 22 heavy (non-hydrogen) atoms. The van der Waals surface area contributed by atoms with Gasteiger partial charge in [0, 0.05) is 16.3 Å². The van der Waals surface area contributed by atoms with Gasteiger partial charge in [0.25, 0.3) is 0 Å². The average molecular weight is 335 g/mol. The second-order valence-corrected chi connectivity index (χ2v) is 7.83. The molecule has 2 heterocycles. The van der Waals surface area contributed by atoms with Crippen LogP contribution < -0.4 is 5.32 Å². The minimum absolute atomic E-state index is 0.0793. The zero-order valence-corrected chi connectivity index (χ0v) is 14.9. The summed E-state index contributed by atoms with van der Waals surface area (Å²) in [5.41, 5.74) is 1.42. The Morgan fingerprint density at radius 2 is 2.23 bits per heavy atom. The molecule has 1 amide bonds. The number of amides is 1. The Morgan fingerprint density at radius 1 is 1.41 bits per heavy atom. The molecule has 0 saturated heterocycles. The van der Waals surface area contributed by atoms with Gasteiger partial charge in [-0.2, -0.15) is 0 Å². The van der Waals surface area contributed by atoms with Gasteiger partial charge in [0.05, 0.1) is 5.75 Å². The third kappa shape index (κ3) is 3.13. The highest BCUT2D eigenvalue weighted by Gasteiger charge is 2.22. The van der Waals surface area contributed by atoms with E-state index < -0.39 is 0 Å². The molecule has 0 radical (unpaired) electrons. The number of hydrogen-bond acceptors (Lipinski definition) is 5. The van der Waals surface area contributed by atoms with Gasteiger partial charge < -0.3 is 5.32 Å². The number of hydrogen-bond donors (Lipinski definition) is 1. The summed E-state index contributed by atoms with van der Waals surface area (Å²) in [5, 5.41) is 5.18. The third-order valence-corrected chi connectivity index (χ3v) is 6.16. The number of rotatable bonds is 5. The van der Waals surface area contributed by atoms with E-state index in [-0.39, 0.29) is 11.9 Å². The van der Waals surface area contributed by atoms with Crippen LogP contribution in [0, 0.1) is 6.92 Å².